The van der Waals surface area contributed by atoms with Crippen molar-refractivity contribution in [3.63, 3.8) is 0 Å². The maximum absolute atomic E-state index is 3.67. The van der Waals surface area contributed by atoms with Crippen LogP contribution in [0.2, 0.25) is 0 Å². The zero-order valence-electron chi connectivity index (χ0n) is 7.78. The summed E-state index contributed by atoms with van der Waals surface area (Å²) in [6.45, 7) is 12.0. The van der Waals surface area contributed by atoms with Crippen LogP contribution in [0.3, 0.4) is 0 Å². The van der Waals surface area contributed by atoms with Gasteiger partial charge in [0.2, 0.25) is 0 Å². The second-order valence-corrected chi connectivity index (χ2v) is 2.29. The molecule has 0 bridgehead atoms. The smallest absolute Gasteiger partial charge is 0.0354 e. The Balaban J connectivity index is 0. The summed E-state index contributed by atoms with van der Waals surface area (Å²) in [6.07, 6.45) is 6.45. The zero-order chi connectivity index (χ0) is 8.41. The molecule has 0 nitrogen and oxygen atoms in total. The molecule has 0 unspecified atom stereocenters. The van der Waals surface area contributed by atoms with E-state index in [-0.39, 0.29) is 0 Å². The van der Waals surface area contributed by atoms with Crippen LogP contribution in [0.5, 0.6) is 0 Å². The average Bonchev–Trinajstić information content (AvgIpc) is 1.91. The summed E-state index contributed by atoms with van der Waals surface area (Å²) < 4.78 is 0. The van der Waals surface area contributed by atoms with E-state index in [9.17, 15) is 0 Å². The van der Waals surface area contributed by atoms with Crippen molar-refractivity contribution in [1.29, 1.82) is 0 Å². The number of allylic oxidation sites excluding steroid dienone is 3. The molecule has 0 N–H and O–H groups in total. The molecule has 0 saturated carbocycles. The highest BCUT2D eigenvalue weighted by atomic mass is 13.7. The Morgan fingerprint density at radius 3 is 1.80 bits per heavy atom. The van der Waals surface area contributed by atoms with E-state index in [1.165, 1.54) is 5.57 Å². The second-order valence-electron chi connectivity index (χ2n) is 2.29. The van der Waals surface area contributed by atoms with Crippen molar-refractivity contribution in [2.24, 2.45) is 0 Å². The molecule has 0 spiro atoms. The Morgan fingerprint density at radius 1 is 1.40 bits per heavy atom. The summed E-state index contributed by atoms with van der Waals surface area (Å²) in [5.74, 6) is 0. The van der Waals surface area contributed by atoms with Crippen LogP contribution in [0.4, 0.5) is 0 Å². The first kappa shape index (κ1) is 12.2. The highest BCUT2D eigenvalue weighted by molar-refractivity contribution is 4.84. The van der Waals surface area contributed by atoms with Crippen molar-refractivity contribution in [3.05, 3.63) is 24.3 Å². The standard InChI is InChI=1S/2C5H10/c1-4-5(2)3;1-3-5-4-2/h2,4H2,1,3H3;3,5H,4H2,1-2H3/b;5-3-. The van der Waals surface area contributed by atoms with E-state index in [0.29, 0.717) is 0 Å². The molecule has 0 rings (SSSR count). The third-order valence-electron chi connectivity index (χ3n) is 1.07. The van der Waals surface area contributed by atoms with Crippen molar-refractivity contribution < 1.29 is 0 Å². The van der Waals surface area contributed by atoms with E-state index < -0.39 is 0 Å². The Kier molecular flexibility index (Phi) is 13.8. The van der Waals surface area contributed by atoms with Gasteiger partial charge in [0.25, 0.3) is 0 Å². The van der Waals surface area contributed by atoms with E-state index in [4.69, 9.17) is 0 Å². The number of hydrogen-bond donors (Lipinski definition) is 0. The number of hydrogen-bond acceptors (Lipinski definition) is 0. The molecule has 0 heteroatoms. The summed E-state index contributed by atoms with van der Waals surface area (Å²) in [6, 6.07) is 0. The quantitative estimate of drug-likeness (QED) is 0.509. The lowest BCUT2D eigenvalue weighted by Crippen LogP contribution is -1.58. The molecular weight excluding hydrogens is 120 g/mol. The molecule has 60 valence electrons. The minimum atomic E-state index is 1.11. The van der Waals surface area contributed by atoms with E-state index in [1.54, 1.807) is 0 Å². The normalized spacial score (nSPS) is 8.80. The van der Waals surface area contributed by atoms with Gasteiger partial charge in [0.05, 0.1) is 0 Å². The molecule has 0 radical (unpaired) electrons. The molecule has 0 aliphatic rings. The third-order valence-corrected chi connectivity index (χ3v) is 1.07. The lowest BCUT2D eigenvalue weighted by Gasteiger charge is -1.79. The molecule has 0 aromatic rings. The first-order valence-electron chi connectivity index (χ1n) is 3.94. The van der Waals surface area contributed by atoms with Crippen LogP contribution in [0.15, 0.2) is 24.3 Å². The largest absolute Gasteiger partial charge is 0.100 e. The average molecular weight is 140 g/mol. The summed E-state index contributed by atoms with van der Waals surface area (Å²) in [5, 5.41) is 0. The molecule has 0 aromatic carbocycles. The highest BCUT2D eigenvalue weighted by Gasteiger charge is 1.67. The van der Waals surface area contributed by atoms with Crippen LogP contribution in [0.25, 0.3) is 0 Å². The fraction of sp³-hybridized carbons (Fsp3) is 0.600. The van der Waals surface area contributed by atoms with Crippen LogP contribution in [-0.4, -0.2) is 0 Å². The lowest BCUT2D eigenvalue weighted by atomic mass is 10.3. The molecule has 10 heavy (non-hydrogen) atoms. The highest BCUT2D eigenvalue weighted by Crippen LogP contribution is 1.88. The summed E-state index contributed by atoms with van der Waals surface area (Å²) in [4.78, 5) is 0. The van der Waals surface area contributed by atoms with Gasteiger partial charge in [-0.3, -0.25) is 0 Å². The summed E-state index contributed by atoms with van der Waals surface area (Å²) in [5.41, 5.74) is 1.25. The van der Waals surface area contributed by atoms with Gasteiger partial charge in [-0.15, -0.1) is 6.58 Å². The minimum Gasteiger partial charge on any atom is -0.100 e. The van der Waals surface area contributed by atoms with E-state index in [2.05, 4.69) is 32.6 Å². The predicted octanol–water partition coefficient (Wildman–Crippen LogP) is 3.95. The second kappa shape index (κ2) is 11.3. The minimum absolute atomic E-state index is 1.11. The molecule has 0 aliphatic carbocycles. The molecule has 0 atom stereocenters. The van der Waals surface area contributed by atoms with E-state index >= 15 is 0 Å². The van der Waals surface area contributed by atoms with Gasteiger partial charge in [0, 0.05) is 0 Å². The van der Waals surface area contributed by atoms with Gasteiger partial charge >= 0.3 is 0 Å². The summed E-state index contributed by atoms with van der Waals surface area (Å²) in [7, 11) is 0. The van der Waals surface area contributed by atoms with Crippen molar-refractivity contribution >= 4 is 0 Å². The van der Waals surface area contributed by atoms with Crippen LogP contribution in [0, 0.1) is 0 Å². The molecule has 0 heterocycles. The van der Waals surface area contributed by atoms with E-state index in [0.717, 1.165) is 12.8 Å². The van der Waals surface area contributed by atoms with Crippen molar-refractivity contribution in [1.82, 2.24) is 0 Å². The monoisotopic (exact) mass is 140 g/mol. The first-order valence-corrected chi connectivity index (χ1v) is 3.94. The Bertz CT molecular complexity index is 88.2. The topological polar surface area (TPSA) is 0 Å². The Hall–Kier alpha value is -0.520. The lowest BCUT2D eigenvalue weighted by molar-refractivity contribution is 1.11. The predicted molar refractivity (Wildman–Crippen MR) is 50.2 cm³/mol. The van der Waals surface area contributed by atoms with Gasteiger partial charge in [-0.1, -0.05) is 31.6 Å². The molecular formula is C10H20. The zero-order valence-corrected chi connectivity index (χ0v) is 7.78. The van der Waals surface area contributed by atoms with Crippen molar-refractivity contribution in [2.45, 2.75) is 40.5 Å². The van der Waals surface area contributed by atoms with Crippen LogP contribution < -0.4 is 0 Å². The molecule has 0 saturated heterocycles. The SMILES string of the molecule is C/C=C\CC.C=C(C)CC. The van der Waals surface area contributed by atoms with Crippen LogP contribution in [0.1, 0.15) is 40.5 Å². The molecule has 0 amide bonds. The van der Waals surface area contributed by atoms with Crippen LogP contribution >= 0.6 is 0 Å². The third kappa shape index (κ3) is 25.9. The first-order chi connectivity index (χ1) is 4.68. The fourth-order valence-corrected chi connectivity index (χ4v) is 0.236. The Morgan fingerprint density at radius 2 is 1.80 bits per heavy atom. The van der Waals surface area contributed by atoms with Gasteiger partial charge < -0.3 is 0 Å². The molecule has 0 aliphatic heterocycles. The van der Waals surface area contributed by atoms with Gasteiger partial charge in [-0.2, -0.15) is 0 Å². The molecule has 0 aromatic heterocycles. The van der Waals surface area contributed by atoms with Crippen molar-refractivity contribution in [2.75, 3.05) is 0 Å². The van der Waals surface area contributed by atoms with E-state index in [1.807, 2.05) is 13.8 Å². The summed E-state index contributed by atoms with van der Waals surface area (Å²) >= 11 is 0. The Labute approximate surface area is 65.7 Å². The fourth-order valence-electron chi connectivity index (χ4n) is 0.236. The van der Waals surface area contributed by atoms with Gasteiger partial charge in [0.1, 0.15) is 0 Å². The maximum atomic E-state index is 3.67. The molecule has 0 fully saturated rings. The van der Waals surface area contributed by atoms with Crippen LogP contribution in [-0.2, 0) is 0 Å². The van der Waals surface area contributed by atoms with Gasteiger partial charge in [-0.05, 0) is 26.7 Å². The van der Waals surface area contributed by atoms with Crippen molar-refractivity contribution in [3.8, 4) is 0 Å². The van der Waals surface area contributed by atoms with Gasteiger partial charge in [-0.25, -0.2) is 0 Å². The van der Waals surface area contributed by atoms with Gasteiger partial charge in [0.15, 0.2) is 0 Å². The maximum Gasteiger partial charge on any atom is -0.0354 e. The number of rotatable bonds is 2.